The molecule has 0 aliphatic heterocycles. The highest BCUT2D eigenvalue weighted by molar-refractivity contribution is 7.44. The molecule has 0 saturated heterocycles. The van der Waals surface area contributed by atoms with E-state index in [9.17, 15) is 8.22 Å². The van der Waals surface area contributed by atoms with E-state index in [0.29, 0.717) is 12.8 Å². The van der Waals surface area contributed by atoms with E-state index >= 15 is 0 Å². The van der Waals surface area contributed by atoms with E-state index in [1.165, 1.54) is 0 Å². The lowest BCUT2D eigenvalue weighted by Crippen LogP contribution is -2.14. The standard InChI is InChI=1S/C5H9Cl2NSi.C5H9F2NSi.4CH4/c2*1-9(6,7)5-3-2-4-8;;;;/h2*2-3,5H2,1H3;4*1H4. The van der Waals surface area contributed by atoms with Crippen LogP contribution in [0.1, 0.15) is 55.4 Å². The summed E-state index contributed by atoms with van der Waals surface area (Å²) in [5, 5.41) is 16.1. The molecule has 2 nitrogen and oxygen atoms in total. The first-order chi connectivity index (χ1) is 8.12. The van der Waals surface area contributed by atoms with Crippen LogP contribution in [0.2, 0.25) is 25.2 Å². The summed E-state index contributed by atoms with van der Waals surface area (Å²) in [7, 11) is -3.85. The summed E-state index contributed by atoms with van der Waals surface area (Å²) in [6.07, 6.45) is 2.02. The van der Waals surface area contributed by atoms with Gasteiger partial charge in [-0.25, -0.2) is 0 Å². The molecule has 0 radical (unpaired) electrons. The van der Waals surface area contributed by atoms with Crippen molar-refractivity contribution < 1.29 is 8.22 Å². The monoisotopic (exact) mass is 394 g/mol. The summed E-state index contributed by atoms with van der Waals surface area (Å²) >= 11 is 11.5. The fourth-order valence-corrected chi connectivity index (χ4v) is 3.35. The topological polar surface area (TPSA) is 47.6 Å². The first kappa shape index (κ1) is 37.8. The molecule has 0 N–H and O–H groups in total. The van der Waals surface area contributed by atoms with Crippen LogP contribution in [0.15, 0.2) is 0 Å². The zero-order valence-corrected chi connectivity index (χ0v) is 14.2. The van der Waals surface area contributed by atoms with E-state index in [4.69, 9.17) is 32.7 Å². The highest BCUT2D eigenvalue weighted by atomic mass is 35.7. The van der Waals surface area contributed by atoms with Crippen LogP contribution >= 0.6 is 22.2 Å². The van der Waals surface area contributed by atoms with Gasteiger partial charge in [-0.1, -0.05) is 29.7 Å². The normalized spacial score (nSPS) is 8.91. The van der Waals surface area contributed by atoms with Crippen molar-refractivity contribution in [2.45, 2.75) is 80.6 Å². The molecule has 0 fully saturated rings. The number of rotatable bonds is 6. The minimum Gasteiger partial charge on any atom is -0.271 e. The average molecular weight is 396 g/mol. The van der Waals surface area contributed by atoms with E-state index in [2.05, 4.69) is 0 Å². The minimum absolute atomic E-state index is 0. The molecule has 0 rings (SSSR count). The lowest BCUT2D eigenvalue weighted by Gasteiger charge is -2.06. The third kappa shape index (κ3) is 50.2. The first-order valence-electron chi connectivity index (χ1n) is 5.62. The second-order valence-electron chi connectivity index (χ2n) is 4.16. The van der Waals surface area contributed by atoms with Crippen LogP contribution in [0.3, 0.4) is 0 Å². The first-order valence-corrected chi connectivity index (χ1v) is 12.8. The SMILES string of the molecule is C.C.C.C.C[Si](Cl)(Cl)CCCC#N.C[Si](F)(F)CCCC#N. The van der Waals surface area contributed by atoms with Gasteiger partial charge >= 0.3 is 8.74 Å². The molecule has 0 unspecified atom stereocenters. The molecule has 0 aliphatic rings. The van der Waals surface area contributed by atoms with Crippen molar-refractivity contribution in [3.05, 3.63) is 0 Å². The molecule has 0 aromatic rings. The molecule has 0 heterocycles. The molecule has 0 aromatic heterocycles. The predicted octanol–water partition coefficient (Wildman–Crippen LogP) is 7.69. The highest BCUT2D eigenvalue weighted by Crippen LogP contribution is 2.21. The molecule has 8 heteroatoms. The number of halogens is 4. The van der Waals surface area contributed by atoms with E-state index in [1.54, 1.807) is 0 Å². The Labute approximate surface area is 149 Å². The molecule has 0 saturated carbocycles. The van der Waals surface area contributed by atoms with Gasteiger partial charge < -0.3 is 0 Å². The number of hydrogen-bond donors (Lipinski definition) is 0. The molecule has 0 atom stereocenters. The van der Waals surface area contributed by atoms with Crippen molar-refractivity contribution in [1.82, 2.24) is 0 Å². The molecular weight excluding hydrogens is 361 g/mol. The fraction of sp³-hybridized carbons (Fsp3) is 0.857. The van der Waals surface area contributed by atoms with Gasteiger partial charge in [0.1, 0.15) is 0 Å². The average Bonchev–Trinajstić information content (AvgIpc) is 2.16. The van der Waals surface area contributed by atoms with E-state index in [1.807, 2.05) is 18.7 Å². The van der Waals surface area contributed by atoms with Crippen LogP contribution in [-0.2, 0) is 0 Å². The maximum atomic E-state index is 12.1. The van der Waals surface area contributed by atoms with Crippen molar-refractivity contribution >= 4 is 37.6 Å². The number of nitrogens with zero attached hydrogens (tertiary/aromatic N) is 2. The third-order valence-electron chi connectivity index (χ3n) is 1.81. The molecule has 0 bridgehead atoms. The van der Waals surface area contributed by atoms with Gasteiger partial charge in [-0.2, -0.15) is 10.5 Å². The molecular formula is C14H34Cl2F2N2Si2. The molecule has 136 valence electrons. The second-order valence-corrected chi connectivity index (χ2v) is 15.0. The van der Waals surface area contributed by atoms with Crippen LogP contribution in [-0.4, -0.2) is 15.4 Å². The van der Waals surface area contributed by atoms with E-state index in [-0.39, 0.29) is 42.2 Å². The summed E-state index contributed by atoms with van der Waals surface area (Å²) in [6.45, 7) is 0.972. The Morgan fingerprint density at radius 3 is 1.36 bits per heavy atom. The Balaban J connectivity index is -0.0000000492. The fourth-order valence-electron chi connectivity index (χ4n) is 0.956. The van der Waals surface area contributed by atoms with Gasteiger partial charge in [0.2, 0.25) is 6.69 Å². The summed E-state index contributed by atoms with van der Waals surface area (Å²) in [4.78, 5) is 0. The highest BCUT2D eigenvalue weighted by Gasteiger charge is 2.26. The number of nitriles is 2. The van der Waals surface area contributed by atoms with Gasteiger partial charge in [-0.05, 0) is 38.0 Å². The van der Waals surface area contributed by atoms with Gasteiger partial charge in [-0.3, -0.25) is 8.22 Å². The van der Waals surface area contributed by atoms with Gasteiger partial charge in [-0.15, -0.1) is 22.2 Å². The van der Waals surface area contributed by atoms with E-state index < -0.39 is 15.4 Å². The van der Waals surface area contributed by atoms with Crippen molar-refractivity contribution in [1.29, 1.82) is 10.5 Å². The Bertz CT molecular complexity index is 263. The summed E-state index contributed by atoms with van der Waals surface area (Å²) in [5.74, 6) is 0. The molecule has 0 aromatic carbocycles. The van der Waals surface area contributed by atoms with Crippen LogP contribution in [0, 0.1) is 22.7 Å². The third-order valence-corrected chi connectivity index (χ3v) is 5.41. The van der Waals surface area contributed by atoms with Crippen LogP contribution in [0.5, 0.6) is 0 Å². The molecule has 0 aliphatic carbocycles. The summed E-state index contributed by atoms with van der Waals surface area (Å²) < 4.78 is 24.2. The molecule has 0 spiro atoms. The number of hydrogen-bond acceptors (Lipinski definition) is 2. The van der Waals surface area contributed by atoms with Gasteiger partial charge in [0.15, 0.2) is 0 Å². The maximum Gasteiger partial charge on any atom is 0.422 e. The van der Waals surface area contributed by atoms with Gasteiger partial charge in [0.25, 0.3) is 0 Å². The Morgan fingerprint density at radius 1 is 0.818 bits per heavy atom. The predicted molar refractivity (Wildman–Crippen MR) is 103 cm³/mol. The van der Waals surface area contributed by atoms with Crippen molar-refractivity contribution in [3.8, 4) is 12.1 Å². The zero-order chi connectivity index (χ0) is 14.7. The Kier molecular flexibility index (Phi) is 35.8. The maximum absolute atomic E-state index is 12.1. The van der Waals surface area contributed by atoms with Gasteiger partial charge in [0, 0.05) is 12.8 Å². The van der Waals surface area contributed by atoms with E-state index in [0.717, 1.165) is 19.0 Å². The summed E-state index contributed by atoms with van der Waals surface area (Å²) in [6, 6.07) is 4.66. The van der Waals surface area contributed by atoms with Crippen LogP contribution < -0.4 is 0 Å². The zero-order valence-electron chi connectivity index (χ0n) is 10.6. The van der Waals surface area contributed by atoms with Crippen LogP contribution in [0.4, 0.5) is 8.22 Å². The smallest absolute Gasteiger partial charge is 0.271 e. The molecule has 22 heavy (non-hydrogen) atoms. The van der Waals surface area contributed by atoms with Crippen molar-refractivity contribution in [3.63, 3.8) is 0 Å². The Morgan fingerprint density at radius 2 is 1.14 bits per heavy atom. The lowest BCUT2D eigenvalue weighted by molar-refractivity contribution is 0.599. The van der Waals surface area contributed by atoms with Crippen molar-refractivity contribution in [2.24, 2.45) is 0 Å². The quantitative estimate of drug-likeness (QED) is 0.263. The largest absolute Gasteiger partial charge is 0.422 e. The lowest BCUT2D eigenvalue weighted by atomic mass is 10.4. The Hall–Kier alpha value is -0.146. The second kappa shape index (κ2) is 20.9. The van der Waals surface area contributed by atoms with Gasteiger partial charge in [0.05, 0.1) is 12.1 Å². The summed E-state index contributed by atoms with van der Waals surface area (Å²) in [5.41, 5.74) is 0. The molecule has 0 amide bonds. The van der Waals surface area contributed by atoms with Crippen LogP contribution in [0.25, 0.3) is 0 Å². The van der Waals surface area contributed by atoms with Crippen molar-refractivity contribution in [2.75, 3.05) is 0 Å². The minimum atomic E-state index is -3.85. The number of unbranched alkanes of at least 4 members (excludes halogenated alkanes) is 2.